The highest BCUT2D eigenvalue weighted by molar-refractivity contribution is 14.0. The molecule has 0 aliphatic rings. The summed E-state index contributed by atoms with van der Waals surface area (Å²) in [6.07, 6.45) is 1.83. The first-order valence-electron chi connectivity index (χ1n) is 8.75. The van der Waals surface area contributed by atoms with Crippen molar-refractivity contribution in [1.29, 1.82) is 0 Å². The van der Waals surface area contributed by atoms with Gasteiger partial charge in [-0.05, 0) is 43.9 Å². The minimum absolute atomic E-state index is 0. The molecule has 0 bridgehead atoms. The Morgan fingerprint density at radius 2 is 2.04 bits per heavy atom. The van der Waals surface area contributed by atoms with E-state index < -0.39 is 0 Å². The van der Waals surface area contributed by atoms with Gasteiger partial charge in [-0.2, -0.15) is 0 Å². The Labute approximate surface area is 174 Å². The minimum atomic E-state index is -0.0199. The van der Waals surface area contributed by atoms with E-state index >= 15 is 0 Å². The molecular formula is C19H33IN4O2. The van der Waals surface area contributed by atoms with Gasteiger partial charge in [0.2, 0.25) is 5.91 Å². The maximum atomic E-state index is 11.7. The van der Waals surface area contributed by atoms with Gasteiger partial charge in [0.15, 0.2) is 5.96 Å². The van der Waals surface area contributed by atoms with Crippen molar-refractivity contribution >= 4 is 35.8 Å². The molecule has 0 aliphatic carbocycles. The molecule has 6 nitrogen and oxygen atoms in total. The number of ether oxygens (including phenoxy) is 1. The van der Waals surface area contributed by atoms with Crippen LogP contribution in [0.1, 0.15) is 31.4 Å². The lowest BCUT2D eigenvalue weighted by Gasteiger charge is -2.17. The Hall–Kier alpha value is -1.51. The third-order valence-corrected chi connectivity index (χ3v) is 4.05. The molecule has 26 heavy (non-hydrogen) atoms. The van der Waals surface area contributed by atoms with Crippen molar-refractivity contribution < 1.29 is 9.53 Å². The van der Waals surface area contributed by atoms with E-state index in [9.17, 15) is 4.79 Å². The van der Waals surface area contributed by atoms with Crippen molar-refractivity contribution in [3.05, 3.63) is 29.3 Å². The molecule has 1 aromatic carbocycles. The lowest BCUT2D eigenvalue weighted by atomic mass is 10.1. The molecule has 0 spiro atoms. The largest absolute Gasteiger partial charge is 0.496 e. The molecule has 0 radical (unpaired) electrons. The molecule has 0 saturated heterocycles. The van der Waals surface area contributed by atoms with Crippen LogP contribution in [-0.2, 0) is 11.2 Å². The van der Waals surface area contributed by atoms with Gasteiger partial charge in [-0.3, -0.25) is 4.79 Å². The zero-order valence-electron chi connectivity index (χ0n) is 16.8. The van der Waals surface area contributed by atoms with Crippen LogP contribution in [0.2, 0.25) is 0 Å². The highest BCUT2D eigenvalue weighted by Gasteiger charge is 2.07. The topological polar surface area (TPSA) is 66.0 Å². The smallest absolute Gasteiger partial charge is 0.243 e. The molecule has 1 rings (SSSR count). The molecule has 1 aromatic rings. The van der Waals surface area contributed by atoms with Crippen LogP contribution in [0, 0.1) is 6.92 Å². The quantitative estimate of drug-likeness (QED) is 0.344. The first-order valence-corrected chi connectivity index (χ1v) is 8.75. The number of halogens is 1. The predicted octanol–water partition coefficient (Wildman–Crippen LogP) is 2.59. The molecule has 0 heterocycles. The fourth-order valence-corrected chi connectivity index (χ4v) is 2.12. The molecule has 1 amide bonds. The van der Waals surface area contributed by atoms with E-state index in [-0.39, 0.29) is 36.4 Å². The van der Waals surface area contributed by atoms with Gasteiger partial charge in [0.1, 0.15) is 12.3 Å². The molecule has 1 atom stereocenters. The number of aliphatic imine (C=N–C) groups is 1. The molecule has 0 fully saturated rings. The first-order chi connectivity index (χ1) is 11.9. The second kappa shape index (κ2) is 12.8. The van der Waals surface area contributed by atoms with Gasteiger partial charge >= 0.3 is 0 Å². The van der Waals surface area contributed by atoms with Crippen LogP contribution >= 0.6 is 24.0 Å². The first kappa shape index (κ1) is 24.5. The summed E-state index contributed by atoms with van der Waals surface area (Å²) in [6, 6.07) is 6.52. The van der Waals surface area contributed by atoms with Crippen LogP contribution in [0.5, 0.6) is 5.75 Å². The van der Waals surface area contributed by atoms with E-state index in [1.54, 1.807) is 26.1 Å². The number of rotatable bonds is 8. The number of amides is 1. The lowest BCUT2D eigenvalue weighted by molar-refractivity contribution is -0.127. The summed E-state index contributed by atoms with van der Waals surface area (Å²) in [7, 11) is 5.16. The van der Waals surface area contributed by atoms with Crippen LogP contribution < -0.4 is 15.4 Å². The molecule has 1 unspecified atom stereocenters. The van der Waals surface area contributed by atoms with E-state index in [4.69, 9.17) is 4.74 Å². The van der Waals surface area contributed by atoms with E-state index in [1.165, 1.54) is 5.56 Å². The number of nitrogens with one attached hydrogen (secondary N) is 2. The summed E-state index contributed by atoms with van der Waals surface area (Å²) in [5.41, 5.74) is 2.32. The van der Waals surface area contributed by atoms with E-state index in [2.05, 4.69) is 47.7 Å². The SMILES string of the molecule is CCC(C)NC(=NCC(=O)N(C)C)NCCc1ccc(C)c(OC)c1.I. The number of likely N-dealkylation sites (N-methyl/N-ethyl adjacent to an activating group) is 1. The van der Waals surface area contributed by atoms with Gasteiger partial charge in [0.05, 0.1) is 7.11 Å². The van der Waals surface area contributed by atoms with Crippen molar-refractivity contribution in [3.8, 4) is 5.75 Å². The third-order valence-electron chi connectivity index (χ3n) is 4.05. The number of carbonyl (C=O) groups is 1. The van der Waals surface area contributed by atoms with E-state index in [1.807, 2.05) is 6.92 Å². The van der Waals surface area contributed by atoms with Crippen LogP contribution in [0.25, 0.3) is 0 Å². The highest BCUT2D eigenvalue weighted by atomic mass is 127. The van der Waals surface area contributed by atoms with Gasteiger partial charge in [0.25, 0.3) is 0 Å². The van der Waals surface area contributed by atoms with E-state index in [0.29, 0.717) is 12.0 Å². The third kappa shape index (κ3) is 8.73. The Bertz CT molecular complexity index is 591. The average Bonchev–Trinajstić information content (AvgIpc) is 2.60. The maximum Gasteiger partial charge on any atom is 0.243 e. The standard InChI is InChI=1S/C19H32N4O2.HI/c1-7-15(3)22-19(21-13-18(24)23(4)5)20-11-10-16-9-8-14(2)17(12-16)25-6;/h8-9,12,15H,7,10-11,13H2,1-6H3,(H2,20,21,22);1H. The molecule has 7 heteroatoms. The number of guanidine groups is 1. The monoisotopic (exact) mass is 476 g/mol. The highest BCUT2D eigenvalue weighted by Crippen LogP contribution is 2.18. The van der Waals surface area contributed by atoms with Crippen molar-refractivity contribution in [3.63, 3.8) is 0 Å². The maximum absolute atomic E-state index is 11.7. The van der Waals surface area contributed by atoms with Crippen molar-refractivity contribution in [2.45, 2.75) is 39.7 Å². The normalized spacial score (nSPS) is 12.0. The Balaban J connectivity index is 0.00000625. The molecule has 2 N–H and O–H groups in total. The number of benzene rings is 1. The Morgan fingerprint density at radius 1 is 1.35 bits per heavy atom. The van der Waals surface area contributed by atoms with Crippen LogP contribution in [-0.4, -0.2) is 57.1 Å². The second-order valence-corrected chi connectivity index (χ2v) is 6.39. The van der Waals surface area contributed by atoms with Gasteiger partial charge in [-0.25, -0.2) is 4.99 Å². The number of hydrogen-bond donors (Lipinski definition) is 2. The van der Waals surface area contributed by atoms with Gasteiger partial charge in [-0.1, -0.05) is 19.1 Å². The van der Waals surface area contributed by atoms with Crippen LogP contribution in [0.15, 0.2) is 23.2 Å². The summed E-state index contributed by atoms with van der Waals surface area (Å²) < 4.78 is 5.37. The average molecular weight is 476 g/mol. The van der Waals surface area contributed by atoms with Gasteiger partial charge in [-0.15, -0.1) is 24.0 Å². The van der Waals surface area contributed by atoms with Crippen LogP contribution in [0.4, 0.5) is 0 Å². The molecule has 0 aliphatic heterocycles. The van der Waals surface area contributed by atoms with E-state index in [0.717, 1.165) is 30.7 Å². The number of hydrogen-bond acceptors (Lipinski definition) is 3. The number of carbonyl (C=O) groups excluding carboxylic acids is 1. The zero-order valence-corrected chi connectivity index (χ0v) is 19.1. The molecular weight excluding hydrogens is 443 g/mol. The predicted molar refractivity (Wildman–Crippen MR) is 119 cm³/mol. The van der Waals surface area contributed by atoms with Crippen molar-refractivity contribution in [2.24, 2.45) is 4.99 Å². The van der Waals surface area contributed by atoms with Crippen molar-refractivity contribution in [1.82, 2.24) is 15.5 Å². The van der Waals surface area contributed by atoms with Crippen LogP contribution in [0.3, 0.4) is 0 Å². The van der Waals surface area contributed by atoms with Gasteiger partial charge in [0, 0.05) is 26.7 Å². The lowest BCUT2D eigenvalue weighted by Crippen LogP contribution is -2.43. The zero-order chi connectivity index (χ0) is 18.8. The number of nitrogens with zero attached hydrogens (tertiary/aromatic N) is 2. The molecule has 0 aromatic heterocycles. The van der Waals surface area contributed by atoms with Crippen molar-refractivity contribution in [2.75, 3.05) is 34.3 Å². The molecule has 148 valence electrons. The summed E-state index contributed by atoms with van der Waals surface area (Å²) in [5.74, 6) is 1.55. The summed E-state index contributed by atoms with van der Waals surface area (Å²) in [5, 5.41) is 6.63. The fraction of sp³-hybridized carbons (Fsp3) is 0.579. The number of methoxy groups -OCH3 is 1. The van der Waals surface area contributed by atoms with Gasteiger partial charge < -0.3 is 20.3 Å². The fourth-order valence-electron chi connectivity index (χ4n) is 2.12. The number of aryl methyl sites for hydroxylation is 1. The summed E-state index contributed by atoms with van der Waals surface area (Å²) in [6.45, 7) is 7.10. The molecule has 0 saturated carbocycles. The summed E-state index contributed by atoms with van der Waals surface area (Å²) >= 11 is 0. The summed E-state index contributed by atoms with van der Waals surface area (Å²) in [4.78, 5) is 17.7. The Morgan fingerprint density at radius 3 is 2.62 bits per heavy atom. The second-order valence-electron chi connectivity index (χ2n) is 6.39. The minimum Gasteiger partial charge on any atom is -0.496 e. The Kier molecular flexibility index (Phi) is 12.0.